The number of nitro groups is 3. The largest absolute Gasteiger partial charge is 0.478 e. The van der Waals surface area contributed by atoms with Gasteiger partial charge in [-0.1, -0.05) is 15.9 Å². The highest BCUT2D eigenvalue weighted by molar-refractivity contribution is 9.08. The van der Waals surface area contributed by atoms with Crippen LogP contribution < -0.4 is 0 Å². The average Bonchev–Trinajstić information content (AvgIpc) is 2.95. The molecule has 0 unspecified atom stereocenters. The Labute approximate surface area is 246 Å². The van der Waals surface area contributed by atoms with E-state index in [9.17, 15) is 44.7 Å². The Bertz CT molecular complexity index is 1520. The van der Waals surface area contributed by atoms with E-state index in [1.165, 1.54) is 75.7 Å². The third-order valence-corrected chi connectivity index (χ3v) is 5.90. The van der Waals surface area contributed by atoms with Crippen LogP contribution in [0, 0.1) is 44.2 Å². The summed E-state index contributed by atoms with van der Waals surface area (Å²) in [7, 11) is 2.52. The molecule has 0 spiro atoms. The highest BCUT2D eigenvalue weighted by Gasteiger charge is 2.16. The number of hydrogen-bond acceptors (Lipinski definition) is 11. The van der Waals surface area contributed by atoms with E-state index in [0.29, 0.717) is 33.1 Å². The number of carboxylic acids is 1. The topological polar surface area (TPSA) is 219 Å². The van der Waals surface area contributed by atoms with E-state index in [1.807, 2.05) is 0 Å². The number of nitro benzene ring substituents is 3. The molecule has 0 radical (unpaired) electrons. The molecule has 1 N–H and O–H groups in total. The minimum Gasteiger partial charge on any atom is -0.478 e. The van der Waals surface area contributed by atoms with Crippen LogP contribution in [0.4, 0.5) is 17.1 Å². The first-order valence-electron chi connectivity index (χ1n) is 11.4. The standard InChI is InChI=1S/C9H8BrNO4.C9H9NO4.C8H7NO4/c1-15-9(12)6-2-3-8(11(13)14)7(4-6)5-10;1-6-5-7(9(11)14-2)3-4-8(6)10(12)13;1-5-4-6(8(10)11)2-3-7(5)9(12)13/h2-4H,5H2,1H3;3-5H,1-2H3;2-4H,1H3,(H,10,11). The van der Waals surface area contributed by atoms with Crippen LogP contribution in [-0.2, 0) is 14.8 Å². The molecule has 3 rings (SSSR count). The molecule has 0 aliphatic rings. The zero-order valence-electron chi connectivity index (χ0n) is 22.6. The summed E-state index contributed by atoms with van der Waals surface area (Å²) in [6.45, 7) is 3.08. The van der Waals surface area contributed by atoms with E-state index in [-0.39, 0.29) is 22.6 Å². The highest BCUT2D eigenvalue weighted by atomic mass is 79.9. The smallest absolute Gasteiger partial charge is 0.337 e. The minimum atomic E-state index is -1.09. The number of carbonyl (C=O) groups excluding carboxylic acids is 2. The monoisotopic (exact) mass is 649 g/mol. The van der Waals surface area contributed by atoms with E-state index >= 15 is 0 Å². The second-order valence-electron chi connectivity index (χ2n) is 8.04. The van der Waals surface area contributed by atoms with Crippen molar-refractivity contribution in [1.29, 1.82) is 0 Å². The van der Waals surface area contributed by atoms with Gasteiger partial charge in [0, 0.05) is 40.2 Å². The SMILES string of the molecule is COC(=O)c1ccc([N+](=O)[O-])c(C)c1.COC(=O)c1ccc([N+](=O)[O-])c(CBr)c1.Cc1cc(C(=O)O)ccc1[N+](=O)[O-]. The Kier molecular flexibility index (Phi) is 13.3. The van der Waals surface area contributed by atoms with E-state index < -0.39 is 32.7 Å². The van der Waals surface area contributed by atoms with Crippen LogP contribution in [0.1, 0.15) is 47.8 Å². The number of methoxy groups -OCH3 is 2. The number of aromatic carboxylic acids is 1. The van der Waals surface area contributed by atoms with Gasteiger partial charge in [0.25, 0.3) is 17.1 Å². The minimum absolute atomic E-state index is 0.00217. The van der Waals surface area contributed by atoms with Crippen molar-refractivity contribution in [3.63, 3.8) is 0 Å². The van der Waals surface area contributed by atoms with Gasteiger partial charge in [-0.2, -0.15) is 0 Å². The van der Waals surface area contributed by atoms with Gasteiger partial charge < -0.3 is 14.6 Å². The molecule has 222 valence electrons. The number of hydrogen-bond donors (Lipinski definition) is 1. The average molecular weight is 650 g/mol. The first-order chi connectivity index (χ1) is 19.7. The number of benzene rings is 3. The van der Waals surface area contributed by atoms with Gasteiger partial charge in [0.05, 0.1) is 45.7 Å². The quantitative estimate of drug-likeness (QED) is 0.144. The molecule has 0 aromatic heterocycles. The van der Waals surface area contributed by atoms with Crippen molar-refractivity contribution in [2.45, 2.75) is 19.2 Å². The summed E-state index contributed by atoms with van der Waals surface area (Å²) < 4.78 is 8.99. The molecule has 15 nitrogen and oxygen atoms in total. The van der Waals surface area contributed by atoms with Crippen molar-refractivity contribution in [3.8, 4) is 0 Å². The molecule has 0 aliphatic carbocycles. The van der Waals surface area contributed by atoms with E-state index in [2.05, 4.69) is 25.4 Å². The number of carbonyl (C=O) groups is 3. The summed E-state index contributed by atoms with van der Waals surface area (Å²) in [4.78, 5) is 62.6. The molecule has 0 heterocycles. The van der Waals surface area contributed by atoms with Crippen LogP contribution in [0.2, 0.25) is 0 Å². The lowest BCUT2D eigenvalue weighted by Gasteiger charge is -2.02. The van der Waals surface area contributed by atoms with Crippen molar-refractivity contribution in [2.75, 3.05) is 14.2 Å². The van der Waals surface area contributed by atoms with Crippen LogP contribution in [-0.4, -0.2) is 52.0 Å². The fourth-order valence-electron chi connectivity index (χ4n) is 3.21. The van der Waals surface area contributed by atoms with Gasteiger partial charge >= 0.3 is 17.9 Å². The van der Waals surface area contributed by atoms with Crippen molar-refractivity contribution >= 4 is 50.9 Å². The van der Waals surface area contributed by atoms with Crippen molar-refractivity contribution in [1.82, 2.24) is 0 Å². The molecule has 0 amide bonds. The van der Waals surface area contributed by atoms with Crippen LogP contribution in [0.25, 0.3) is 0 Å². The van der Waals surface area contributed by atoms with Gasteiger partial charge in [-0.05, 0) is 50.2 Å². The maximum Gasteiger partial charge on any atom is 0.337 e. The van der Waals surface area contributed by atoms with Crippen LogP contribution in [0.5, 0.6) is 0 Å². The first-order valence-corrected chi connectivity index (χ1v) is 12.5. The van der Waals surface area contributed by atoms with Crippen LogP contribution in [0.3, 0.4) is 0 Å². The third kappa shape index (κ3) is 9.74. The zero-order valence-corrected chi connectivity index (χ0v) is 24.1. The highest BCUT2D eigenvalue weighted by Crippen LogP contribution is 2.23. The summed E-state index contributed by atoms with van der Waals surface area (Å²) in [5.41, 5.74) is 1.84. The molecule has 0 aliphatic heterocycles. The lowest BCUT2D eigenvalue weighted by atomic mass is 10.1. The number of aryl methyl sites for hydroxylation is 2. The molecule has 0 saturated heterocycles. The fourth-order valence-corrected chi connectivity index (χ4v) is 3.66. The Balaban J connectivity index is 0.000000316. The molecule has 16 heteroatoms. The normalized spacial score (nSPS) is 9.64. The molecule has 0 fully saturated rings. The molecule has 3 aromatic carbocycles. The van der Waals surface area contributed by atoms with E-state index in [4.69, 9.17) is 5.11 Å². The maximum atomic E-state index is 11.2. The van der Waals surface area contributed by atoms with Crippen LogP contribution >= 0.6 is 15.9 Å². The van der Waals surface area contributed by atoms with Gasteiger partial charge in [-0.15, -0.1) is 0 Å². The van der Waals surface area contributed by atoms with Crippen molar-refractivity contribution < 1.29 is 43.7 Å². The number of esters is 2. The zero-order chi connectivity index (χ0) is 32.1. The summed E-state index contributed by atoms with van der Waals surface area (Å²) >= 11 is 3.13. The number of carboxylic acid groups (broad SMARTS) is 1. The number of rotatable bonds is 7. The summed E-state index contributed by atoms with van der Waals surface area (Å²) in [5, 5.41) is 40.3. The van der Waals surface area contributed by atoms with Crippen molar-refractivity contribution in [2.24, 2.45) is 0 Å². The number of ether oxygens (including phenoxy) is 2. The Morgan fingerprint density at radius 3 is 1.38 bits per heavy atom. The number of nitrogens with zero attached hydrogens (tertiary/aromatic N) is 3. The van der Waals surface area contributed by atoms with Gasteiger partial charge in [0.2, 0.25) is 0 Å². The predicted octanol–water partition coefficient (Wildman–Crippen LogP) is 5.57. The molecule has 0 bridgehead atoms. The lowest BCUT2D eigenvalue weighted by Crippen LogP contribution is -2.03. The fraction of sp³-hybridized carbons (Fsp3) is 0.192. The Hall–Kier alpha value is -5.25. The van der Waals surface area contributed by atoms with Crippen LogP contribution in [0.15, 0.2) is 54.6 Å². The van der Waals surface area contributed by atoms with Gasteiger partial charge in [-0.3, -0.25) is 30.3 Å². The molecule has 0 atom stereocenters. The second kappa shape index (κ2) is 16.1. The number of halogens is 1. The molecule has 42 heavy (non-hydrogen) atoms. The van der Waals surface area contributed by atoms with Gasteiger partial charge in [0.1, 0.15) is 0 Å². The summed E-state index contributed by atoms with van der Waals surface area (Å²) in [6.07, 6.45) is 0. The number of alkyl halides is 1. The third-order valence-electron chi connectivity index (χ3n) is 5.30. The molecule has 0 saturated carbocycles. The predicted molar refractivity (Wildman–Crippen MR) is 151 cm³/mol. The van der Waals surface area contributed by atoms with Gasteiger partial charge in [0.15, 0.2) is 0 Å². The first kappa shape index (κ1) is 34.8. The molecule has 3 aromatic rings. The summed E-state index contributed by atoms with van der Waals surface area (Å²) in [6, 6.07) is 11.9. The molecular weight excluding hydrogens is 626 g/mol. The molecular formula is C26H24BrN3O12. The Morgan fingerprint density at radius 1 is 0.690 bits per heavy atom. The Morgan fingerprint density at radius 2 is 1.05 bits per heavy atom. The van der Waals surface area contributed by atoms with Gasteiger partial charge in [-0.25, -0.2) is 14.4 Å². The lowest BCUT2D eigenvalue weighted by molar-refractivity contribution is -0.385. The van der Waals surface area contributed by atoms with Crippen molar-refractivity contribution in [3.05, 3.63) is 118 Å². The van der Waals surface area contributed by atoms with E-state index in [0.717, 1.165) is 0 Å². The van der Waals surface area contributed by atoms with E-state index in [1.54, 1.807) is 6.92 Å². The summed E-state index contributed by atoms with van der Waals surface area (Å²) in [5.74, 6) is -2.09. The maximum absolute atomic E-state index is 11.2. The second-order valence-corrected chi connectivity index (χ2v) is 8.60.